The van der Waals surface area contributed by atoms with Crippen LogP contribution in [0.3, 0.4) is 0 Å². The second kappa shape index (κ2) is 7.61. The number of hydrogen-bond donors (Lipinski definition) is 1. The summed E-state index contributed by atoms with van der Waals surface area (Å²) >= 11 is 1.43. The third-order valence-electron chi connectivity index (χ3n) is 3.95. The van der Waals surface area contributed by atoms with Crippen LogP contribution >= 0.6 is 11.8 Å². The fraction of sp³-hybridized carbons (Fsp3) is 0.211. The summed E-state index contributed by atoms with van der Waals surface area (Å²) in [7, 11) is 0. The van der Waals surface area contributed by atoms with E-state index in [2.05, 4.69) is 10.3 Å². The Morgan fingerprint density at radius 3 is 2.65 bits per heavy atom. The fourth-order valence-corrected chi connectivity index (χ4v) is 3.06. The van der Waals surface area contributed by atoms with E-state index in [4.69, 9.17) is 4.74 Å². The molecular formula is C19H19N3O3S. The molecule has 0 aliphatic carbocycles. The van der Waals surface area contributed by atoms with Crippen LogP contribution in [0.5, 0.6) is 0 Å². The van der Waals surface area contributed by atoms with Crippen molar-refractivity contribution in [2.75, 3.05) is 11.6 Å². The molecule has 6 nitrogen and oxygen atoms in total. The number of carbonyl (C=O) groups is 2. The number of benzene rings is 1. The predicted molar refractivity (Wildman–Crippen MR) is 102 cm³/mol. The number of rotatable bonds is 5. The van der Waals surface area contributed by atoms with Gasteiger partial charge in [-0.15, -0.1) is 0 Å². The molecule has 0 spiro atoms. The molecule has 0 fully saturated rings. The highest BCUT2D eigenvalue weighted by Gasteiger charge is 2.23. The lowest BCUT2D eigenvalue weighted by molar-refractivity contribution is -0.123. The van der Waals surface area contributed by atoms with Gasteiger partial charge in [-0.2, -0.15) is 0 Å². The van der Waals surface area contributed by atoms with Gasteiger partial charge in [0.15, 0.2) is 17.0 Å². The normalized spacial score (nSPS) is 12.0. The van der Waals surface area contributed by atoms with Gasteiger partial charge in [-0.25, -0.2) is 9.78 Å². The monoisotopic (exact) mass is 369 g/mol. The van der Waals surface area contributed by atoms with Crippen molar-refractivity contribution in [2.45, 2.75) is 25.1 Å². The van der Waals surface area contributed by atoms with Crippen LogP contribution in [-0.4, -0.2) is 33.6 Å². The van der Waals surface area contributed by atoms with E-state index in [1.165, 1.54) is 11.8 Å². The molecule has 26 heavy (non-hydrogen) atoms. The Balaban J connectivity index is 1.75. The average Bonchev–Trinajstić information content (AvgIpc) is 3.02. The molecule has 2 aromatic heterocycles. The minimum atomic E-state index is -0.944. The quantitative estimate of drug-likeness (QED) is 0.550. The number of amides is 1. The molecule has 0 unspecified atom stereocenters. The lowest BCUT2D eigenvalue weighted by Crippen LogP contribution is -2.30. The van der Waals surface area contributed by atoms with Gasteiger partial charge >= 0.3 is 5.97 Å². The summed E-state index contributed by atoms with van der Waals surface area (Å²) in [6.45, 7) is 3.44. The number of nitrogens with zero attached hydrogens (tertiary/aromatic N) is 2. The van der Waals surface area contributed by atoms with E-state index < -0.39 is 12.1 Å². The summed E-state index contributed by atoms with van der Waals surface area (Å²) in [6.07, 6.45) is 2.77. The van der Waals surface area contributed by atoms with E-state index in [0.29, 0.717) is 16.4 Å². The van der Waals surface area contributed by atoms with E-state index in [0.717, 1.165) is 5.56 Å². The van der Waals surface area contributed by atoms with Gasteiger partial charge in [0.05, 0.1) is 5.52 Å². The number of imidazole rings is 1. The number of esters is 1. The molecule has 0 aliphatic heterocycles. The van der Waals surface area contributed by atoms with Crippen molar-refractivity contribution >= 4 is 34.8 Å². The Labute approximate surface area is 155 Å². The van der Waals surface area contributed by atoms with Crippen LogP contribution in [0.2, 0.25) is 0 Å². The smallest absolute Gasteiger partial charge is 0.360 e. The van der Waals surface area contributed by atoms with Crippen LogP contribution in [0.15, 0.2) is 53.8 Å². The number of aryl methyl sites for hydroxylation is 1. The Morgan fingerprint density at radius 1 is 1.19 bits per heavy atom. The van der Waals surface area contributed by atoms with Crippen molar-refractivity contribution in [3.63, 3.8) is 0 Å². The standard InChI is InChI=1S/C19H19N3O3S/c1-12-8-4-5-9-14(12)20-17(23)13(2)25-18(24)16-15-10-6-7-11-22(15)19(21-16)26-3/h4-11,13H,1-3H3,(H,20,23)/t13-/m0/s1. The largest absolute Gasteiger partial charge is 0.448 e. The molecule has 1 N–H and O–H groups in total. The van der Waals surface area contributed by atoms with Gasteiger partial charge in [0.1, 0.15) is 0 Å². The Hall–Kier alpha value is -2.80. The summed E-state index contributed by atoms with van der Waals surface area (Å²) in [5.41, 5.74) is 2.47. The third kappa shape index (κ3) is 3.57. The third-order valence-corrected chi connectivity index (χ3v) is 4.60. The van der Waals surface area contributed by atoms with Crippen molar-refractivity contribution in [2.24, 2.45) is 0 Å². The van der Waals surface area contributed by atoms with Crippen LogP contribution in [0.1, 0.15) is 23.0 Å². The molecule has 1 atom stereocenters. The average molecular weight is 369 g/mol. The predicted octanol–water partition coefficient (Wildman–Crippen LogP) is 3.55. The zero-order chi connectivity index (χ0) is 18.7. The maximum absolute atomic E-state index is 12.5. The van der Waals surface area contributed by atoms with Gasteiger partial charge in [-0.3, -0.25) is 9.20 Å². The van der Waals surface area contributed by atoms with Crippen LogP contribution in [0, 0.1) is 6.92 Å². The first kappa shape index (κ1) is 18.0. The van der Waals surface area contributed by atoms with Gasteiger partial charge in [-0.05, 0) is 43.9 Å². The molecule has 1 aromatic carbocycles. The van der Waals surface area contributed by atoms with Gasteiger partial charge in [0.2, 0.25) is 0 Å². The van der Waals surface area contributed by atoms with Crippen LogP contribution < -0.4 is 5.32 Å². The number of thioether (sulfide) groups is 1. The number of para-hydroxylation sites is 1. The molecule has 0 saturated carbocycles. The molecule has 0 radical (unpaired) electrons. The Morgan fingerprint density at radius 2 is 1.92 bits per heavy atom. The lowest BCUT2D eigenvalue weighted by Gasteiger charge is -2.14. The van der Waals surface area contributed by atoms with Crippen molar-refractivity contribution < 1.29 is 14.3 Å². The first-order valence-electron chi connectivity index (χ1n) is 8.10. The minimum Gasteiger partial charge on any atom is -0.448 e. The Kier molecular flexibility index (Phi) is 5.27. The highest BCUT2D eigenvalue weighted by Crippen LogP contribution is 2.21. The first-order chi connectivity index (χ1) is 12.5. The highest BCUT2D eigenvalue weighted by atomic mass is 32.2. The number of anilines is 1. The zero-order valence-corrected chi connectivity index (χ0v) is 15.5. The second-order valence-corrected chi connectivity index (χ2v) is 6.53. The van der Waals surface area contributed by atoms with Gasteiger partial charge in [-0.1, -0.05) is 36.0 Å². The van der Waals surface area contributed by atoms with E-state index in [1.54, 1.807) is 19.1 Å². The topological polar surface area (TPSA) is 72.7 Å². The number of carbonyl (C=O) groups excluding carboxylic acids is 2. The maximum Gasteiger partial charge on any atom is 0.360 e. The summed E-state index contributed by atoms with van der Waals surface area (Å²) < 4.78 is 7.16. The molecule has 0 bridgehead atoms. The number of pyridine rings is 1. The second-order valence-electron chi connectivity index (χ2n) is 5.75. The van der Waals surface area contributed by atoms with E-state index in [-0.39, 0.29) is 11.6 Å². The van der Waals surface area contributed by atoms with Gasteiger partial charge < -0.3 is 10.1 Å². The first-order valence-corrected chi connectivity index (χ1v) is 9.32. The van der Waals surface area contributed by atoms with Crippen molar-refractivity contribution in [3.8, 4) is 0 Å². The number of fused-ring (bicyclic) bond motifs is 1. The van der Waals surface area contributed by atoms with Gasteiger partial charge in [0, 0.05) is 11.9 Å². The number of nitrogens with one attached hydrogen (secondary N) is 1. The molecule has 1 amide bonds. The Bertz CT molecular complexity index is 968. The molecular weight excluding hydrogens is 350 g/mol. The summed E-state index contributed by atoms with van der Waals surface area (Å²) in [4.78, 5) is 29.2. The minimum absolute atomic E-state index is 0.200. The molecule has 0 saturated heterocycles. The summed E-state index contributed by atoms with van der Waals surface area (Å²) in [5.74, 6) is -1.01. The van der Waals surface area contributed by atoms with Crippen LogP contribution in [0.25, 0.3) is 5.52 Å². The van der Waals surface area contributed by atoms with Crippen molar-refractivity contribution in [3.05, 3.63) is 59.9 Å². The zero-order valence-electron chi connectivity index (χ0n) is 14.7. The van der Waals surface area contributed by atoms with E-state index >= 15 is 0 Å². The fourth-order valence-electron chi connectivity index (χ4n) is 2.52. The summed E-state index contributed by atoms with van der Waals surface area (Å²) in [5, 5.41) is 3.46. The van der Waals surface area contributed by atoms with Crippen LogP contribution in [0.4, 0.5) is 5.69 Å². The molecule has 134 valence electrons. The van der Waals surface area contributed by atoms with Crippen molar-refractivity contribution in [1.29, 1.82) is 0 Å². The molecule has 3 rings (SSSR count). The number of aromatic nitrogens is 2. The highest BCUT2D eigenvalue weighted by molar-refractivity contribution is 7.98. The van der Waals surface area contributed by atoms with Crippen LogP contribution in [-0.2, 0) is 9.53 Å². The maximum atomic E-state index is 12.5. The molecule has 2 heterocycles. The number of hydrogen-bond acceptors (Lipinski definition) is 5. The SMILES string of the molecule is CSc1nc(C(=O)O[C@@H](C)C(=O)Nc2ccccc2C)c2ccccn12. The molecule has 3 aromatic rings. The van der Waals surface area contributed by atoms with Gasteiger partial charge in [0.25, 0.3) is 5.91 Å². The van der Waals surface area contributed by atoms with E-state index in [1.807, 2.05) is 54.1 Å². The molecule has 7 heteroatoms. The lowest BCUT2D eigenvalue weighted by atomic mass is 10.2. The van der Waals surface area contributed by atoms with Crippen molar-refractivity contribution in [1.82, 2.24) is 9.38 Å². The van der Waals surface area contributed by atoms with E-state index in [9.17, 15) is 9.59 Å². The molecule has 0 aliphatic rings. The summed E-state index contributed by atoms with van der Waals surface area (Å²) in [6, 6.07) is 12.9. The number of ether oxygens (including phenoxy) is 1.